The maximum absolute atomic E-state index is 5.68. The molecule has 1 aromatic carbocycles. The summed E-state index contributed by atoms with van der Waals surface area (Å²) in [6.07, 6.45) is 3.28. The molecule has 2 rings (SSSR count). The van der Waals surface area contributed by atoms with E-state index < -0.39 is 0 Å². The molecule has 110 valence electrons. The van der Waals surface area contributed by atoms with Gasteiger partial charge in [-0.25, -0.2) is 0 Å². The summed E-state index contributed by atoms with van der Waals surface area (Å²) in [4.78, 5) is 0. The Bertz CT molecular complexity index is 552. The van der Waals surface area contributed by atoms with Crippen molar-refractivity contribution in [3.63, 3.8) is 0 Å². The predicted octanol–water partition coefficient (Wildman–Crippen LogP) is 3.82. The van der Waals surface area contributed by atoms with E-state index in [0.29, 0.717) is 6.61 Å². The molecular weight excluding hydrogens is 248 g/mol. The summed E-state index contributed by atoms with van der Waals surface area (Å²) in [7, 11) is 0. The minimum absolute atomic E-state index is 0.195. The van der Waals surface area contributed by atoms with Gasteiger partial charge in [0.2, 0.25) is 0 Å². The second-order valence-corrected chi connectivity index (χ2v) is 6.16. The van der Waals surface area contributed by atoms with Gasteiger partial charge in [-0.15, -0.1) is 0 Å². The summed E-state index contributed by atoms with van der Waals surface area (Å²) in [5.74, 6) is 0.983. The predicted molar refractivity (Wildman–Crippen MR) is 85.5 cm³/mol. The van der Waals surface area contributed by atoms with Crippen molar-refractivity contribution in [3.8, 4) is 5.75 Å². The first-order valence-corrected chi connectivity index (χ1v) is 7.47. The monoisotopic (exact) mass is 274 g/mol. The summed E-state index contributed by atoms with van der Waals surface area (Å²) < 4.78 is 7.98. The molecule has 0 spiro atoms. The number of nitrogens with one attached hydrogen (secondary N) is 1. The highest BCUT2D eigenvalue weighted by Gasteiger charge is 2.08. The van der Waals surface area contributed by atoms with Crippen LogP contribution >= 0.6 is 0 Å². The molecule has 1 heterocycles. The molecular formula is C17H26N2O. The SMILES string of the molecule is CCOc1cccc2c1ccn2CCCNC(C)(C)C. The maximum atomic E-state index is 5.68. The van der Waals surface area contributed by atoms with Crippen molar-refractivity contribution in [2.45, 2.75) is 46.2 Å². The molecule has 0 saturated heterocycles. The molecule has 0 saturated carbocycles. The van der Waals surface area contributed by atoms with Gasteiger partial charge < -0.3 is 14.6 Å². The van der Waals surface area contributed by atoms with E-state index in [1.807, 2.05) is 13.0 Å². The van der Waals surface area contributed by atoms with Crippen LogP contribution in [-0.2, 0) is 6.54 Å². The van der Waals surface area contributed by atoms with Gasteiger partial charge in [-0.3, -0.25) is 0 Å². The Morgan fingerprint density at radius 1 is 1.20 bits per heavy atom. The number of hydrogen-bond acceptors (Lipinski definition) is 2. The summed E-state index contributed by atoms with van der Waals surface area (Å²) >= 11 is 0. The highest BCUT2D eigenvalue weighted by Crippen LogP contribution is 2.26. The van der Waals surface area contributed by atoms with Gasteiger partial charge in [0.25, 0.3) is 0 Å². The number of fused-ring (bicyclic) bond motifs is 1. The molecule has 3 nitrogen and oxygen atoms in total. The van der Waals surface area contributed by atoms with E-state index in [2.05, 4.69) is 55.1 Å². The molecule has 1 aromatic heterocycles. The van der Waals surface area contributed by atoms with Crippen LogP contribution in [0.2, 0.25) is 0 Å². The largest absolute Gasteiger partial charge is 0.493 e. The fourth-order valence-electron chi connectivity index (χ4n) is 2.38. The van der Waals surface area contributed by atoms with E-state index in [1.54, 1.807) is 0 Å². The fraction of sp³-hybridized carbons (Fsp3) is 0.529. The third kappa shape index (κ3) is 3.76. The Balaban J connectivity index is 2.02. The second kappa shape index (κ2) is 6.31. The lowest BCUT2D eigenvalue weighted by Crippen LogP contribution is -2.36. The third-order valence-electron chi connectivity index (χ3n) is 3.30. The summed E-state index contributed by atoms with van der Waals surface area (Å²) in [5.41, 5.74) is 1.45. The van der Waals surface area contributed by atoms with Crippen LogP contribution in [0.5, 0.6) is 5.75 Å². The van der Waals surface area contributed by atoms with Crippen LogP contribution in [0, 0.1) is 0 Å². The van der Waals surface area contributed by atoms with Gasteiger partial charge in [0.15, 0.2) is 0 Å². The average Bonchev–Trinajstić information content (AvgIpc) is 2.78. The van der Waals surface area contributed by atoms with E-state index in [4.69, 9.17) is 4.74 Å². The molecule has 0 amide bonds. The summed E-state index contributed by atoms with van der Waals surface area (Å²) in [6, 6.07) is 8.42. The number of ether oxygens (including phenoxy) is 1. The maximum Gasteiger partial charge on any atom is 0.128 e. The number of benzene rings is 1. The van der Waals surface area contributed by atoms with Gasteiger partial charge >= 0.3 is 0 Å². The van der Waals surface area contributed by atoms with Crippen molar-refractivity contribution in [2.24, 2.45) is 0 Å². The topological polar surface area (TPSA) is 26.2 Å². The van der Waals surface area contributed by atoms with E-state index in [0.717, 1.165) is 25.3 Å². The number of hydrogen-bond donors (Lipinski definition) is 1. The first-order chi connectivity index (χ1) is 9.51. The van der Waals surface area contributed by atoms with Crippen molar-refractivity contribution in [2.75, 3.05) is 13.2 Å². The van der Waals surface area contributed by atoms with Gasteiger partial charge in [-0.2, -0.15) is 0 Å². The highest BCUT2D eigenvalue weighted by atomic mass is 16.5. The van der Waals surface area contributed by atoms with E-state index in [-0.39, 0.29) is 5.54 Å². The smallest absolute Gasteiger partial charge is 0.128 e. The first-order valence-electron chi connectivity index (χ1n) is 7.47. The first kappa shape index (κ1) is 14.9. The molecule has 20 heavy (non-hydrogen) atoms. The van der Waals surface area contributed by atoms with E-state index >= 15 is 0 Å². The Morgan fingerprint density at radius 2 is 2.00 bits per heavy atom. The van der Waals surface area contributed by atoms with E-state index in [9.17, 15) is 0 Å². The average molecular weight is 274 g/mol. The molecule has 1 N–H and O–H groups in total. The zero-order valence-corrected chi connectivity index (χ0v) is 13.1. The van der Waals surface area contributed by atoms with Crippen LogP contribution in [0.3, 0.4) is 0 Å². The lowest BCUT2D eigenvalue weighted by molar-refractivity contribution is 0.344. The van der Waals surface area contributed by atoms with Crippen LogP contribution in [0.25, 0.3) is 10.9 Å². The van der Waals surface area contributed by atoms with Gasteiger partial charge in [0, 0.05) is 23.7 Å². The summed E-state index contributed by atoms with van der Waals surface area (Å²) in [5, 5.41) is 4.73. The summed E-state index contributed by atoms with van der Waals surface area (Å²) in [6.45, 7) is 11.4. The lowest BCUT2D eigenvalue weighted by atomic mass is 10.1. The molecule has 0 bridgehead atoms. The third-order valence-corrected chi connectivity index (χ3v) is 3.30. The number of aryl methyl sites for hydroxylation is 1. The van der Waals surface area contributed by atoms with Crippen molar-refractivity contribution in [1.29, 1.82) is 0 Å². The molecule has 0 fully saturated rings. The zero-order chi connectivity index (χ0) is 14.6. The molecule has 0 unspecified atom stereocenters. The van der Waals surface area contributed by atoms with E-state index in [1.165, 1.54) is 10.9 Å². The van der Waals surface area contributed by atoms with Crippen LogP contribution in [0.1, 0.15) is 34.1 Å². The van der Waals surface area contributed by atoms with Gasteiger partial charge in [0.05, 0.1) is 12.1 Å². The van der Waals surface area contributed by atoms with Crippen LogP contribution in [0.15, 0.2) is 30.5 Å². The highest BCUT2D eigenvalue weighted by molar-refractivity contribution is 5.86. The standard InChI is InChI=1S/C17H26N2O/c1-5-20-16-9-6-8-15-14(16)10-13-19(15)12-7-11-18-17(2,3)4/h6,8-10,13,18H,5,7,11-12H2,1-4H3. The van der Waals surface area contributed by atoms with Gasteiger partial charge in [-0.1, -0.05) is 6.07 Å². The fourth-order valence-corrected chi connectivity index (χ4v) is 2.38. The van der Waals surface area contributed by atoms with Gasteiger partial charge in [0.1, 0.15) is 5.75 Å². The Hall–Kier alpha value is -1.48. The second-order valence-electron chi connectivity index (χ2n) is 6.16. The Kier molecular flexibility index (Phi) is 4.71. The number of nitrogens with zero attached hydrogens (tertiary/aromatic N) is 1. The molecule has 0 aliphatic heterocycles. The van der Waals surface area contributed by atoms with Crippen molar-refractivity contribution in [1.82, 2.24) is 9.88 Å². The van der Waals surface area contributed by atoms with Gasteiger partial charge in [-0.05, 0) is 58.9 Å². The molecule has 0 atom stereocenters. The lowest BCUT2D eigenvalue weighted by Gasteiger charge is -2.20. The minimum Gasteiger partial charge on any atom is -0.493 e. The number of aromatic nitrogens is 1. The molecule has 3 heteroatoms. The zero-order valence-electron chi connectivity index (χ0n) is 13.1. The van der Waals surface area contributed by atoms with Crippen LogP contribution < -0.4 is 10.1 Å². The minimum atomic E-state index is 0.195. The molecule has 2 aromatic rings. The Labute approximate surface area is 121 Å². The molecule has 0 aliphatic rings. The van der Waals surface area contributed by atoms with Crippen LogP contribution in [0.4, 0.5) is 0 Å². The molecule has 0 radical (unpaired) electrons. The number of rotatable bonds is 6. The Morgan fingerprint density at radius 3 is 2.70 bits per heavy atom. The van der Waals surface area contributed by atoms with Crippen molar-refractivity contribution < 1.29 is 4.74 Å². The van der Waals surface area contributed by atoms with Crippen molar-refractivity contribution in [3.05, 3.63) is 30.5 Å². The molecule has 0 aliphatic carbocycles. The quantitative estimate of drug-likeness (QED) is 0.810. The van der Waals surface area contributed by atoms with Crippen molar-refractivity contribution >= 4 is 10.9 Å². The van der Waals surface area contributed by atoms with Crippen LogP contribution in [-0.4, -0.2) is 23.3 Å². The normalized spacial score (nSPS) is 12.0.